The van der Waals surface area contributed by atoms with Crippen molar-refractivity contribution in [2.24, 2.45) is 10.4 Å². The predicted molar refractivity (Wildman–Crippen MR) is 79.3 cm³/mol. The van der Waals surface area contributed by atoms with Gasteiger partial charge in [-0.25, -0.2) is 4.98 Å². The van der Waals surface area contributed by atoms with E-state index in [1.54, 1.807) is 18.3 Å². The Kier molecular flexibility index (Phi) is 4.17. The largest absolute Gasteiger partial charge is 0.354 e. The topological polar surface area (TPSA) is 83.8 Å². The molecule has 0 fully saturated rings. The Bertz CT molecular complexity index is 671. The monoisotopic (exact) mass is 288 g/mol. The predicted octanol–water partition coefficient (Wildman–Crippen LogP) is 4.61. The van der Waals surface area contributed by atoms with E-state index in [9.17, 15) is 9.81 Å². The van der Waals surface area contributed by atoms with Gasteiger partial charge in [-0.1, -0.05) is 18.2 Å². The van der Waals surface area contributed by atoms with Gasteiger partial charge < -0.3 is 5.32 Å². The highest BCUT2D eigenvalue weighted by molar-refractivity contribution is 6.29. The average molecular weight is 289 g/mol. The third-order valence-electron chi connectivity index (χ3n) is 2.55. The molecule has 0 radical (unpaired) electrons. The molecular formula is C13H9ClN4O2. The first-order chi connectivity index (χ1) is 9.63. The molecule has 0 unspecified atom stereocenters. The fraction of sp³-hybridized carbons (Fsp3) is 0. The molecule has 0 amide bonds. The van der Waals surface area contributed by atoms with Crippen molar-refractivity contribution < 1.29 is 0 Å². The Balaban J connectivity index is 2.25. The molecule has 7 heteroatoms. The SMILES string of the molecule is C=C(Nc1ccc(N=O)cc1N=O)c1ccc(Cl)nc1. The first kappa shape index (κ1) is 13.8. The van der Waals surface area contributed by atoms with Crippen LogP contribution in [0.3, 0.4) is 0 Å². The minimum Gasteiger partial charge on any atom is -0.354 e. The van der Waals surface area contributed by atoms with Gasteiger partial charge in [-0.15, -0.1) is 9.81 Å². The lowest BCUT2D eigenvalue weighted by molar-refractivity contribution is 1.30. The molecule has 6 nitrogen and oxygen atoms in total. The van der Waals surface area contributed by atoms with E-state index in [-0.39, 0.29) is 11.4 Å². The molecule has 2 rings (SSSR count). The maximum absolute atomic E-state index is 10.8. The molecule has 2 aromatic rings. The van der Waals surface area contributed by atoms with Crippen molar-refractivity contribution in [2.75, 3.05) is 5.32 Å². The number of nitrogens with one attached hydrogen (secondary N) is 1. The van der Waals surface area contributed by atoms with E-state index >= 15 is 0 Å². The van der Waals surface area contributed by atoms with Crippen LogP contribution in [0, 0.1) is 9.81 Å². The second-order valence-corrected chi connectivity index (χ2v) is 4.24. The van der Waals surface area contributed by atoms with Crippen LogP contribution in [-0.4, -0.2) is 4.98 Å². The van der Waals surface area contributed by atoms with Gasteiger partial charge in [0.25, 0.3) is 0 Å². The summed E-state index contributed by atoms with van der Waals surface area (Å²) in [6.45, 7) is 3.84. The number of rotatable bonds is 5. The zero-order valence-electron chi connectivity index (χ0n) is 10.2. The number of aromatic nitrogens is 1. The van der Waals surface area contributed by atoms with Crippen molar-refractivity contribution in [2.45, 2.75) is 0 Å². The molecule has 1 aromatic carbocycles. The number of hydrogen-bond donors (Lipinski definition) is 1. The molecule has 0 aliphatic heterocycles. The molecule has 100 valence electrons. The number of benzene rings is 1. The summed E-state index contributed by atoms with van der Waals surface area (Å²) in [4.78, 5) is 25.1. The van der Waals surface area contributed by atoms with Crippen LogP contribution >= 0.6 is 11.6 Å². The first-order valence-corrected chi connectivity index (χ1v) is 5.90. The summed E-state index contributed by atoms with van der Waals surface area (Å²) in [5, 5.41) is 8.90. The second kappa shape index (κ2) is 6.03. The summed E-state index contributed by atoms with van der Waals surface area (Å²) in [6, 6.07) is 7.65. The molecule has 1 heterocycles. The quantitative estimate of drug-likeness (QED) is 0.643. The summed E-state index contributed by atoms with van der Waals surface area (Å²) in [5.41, 5.74) is 1.86. The van der Waals surface area contributed by atoms with Gasteiger partial charge in [-0.3, -0.25) is 0 Å². The van der Waals surface area contributed by atoms with E-state index in [2.05, 4.69) is 27.2 Å². The Morgan fingerprint density at radius 2 is 2.00 bits per heavy atom. The van der Waals surface area contributed by atoms with Crippen molar-refractivity contribution in [3.8, 4) is 0 Å². The normalized spacial score (nSPS) is 9.85. The van der Waals surface area contributed by atoms with Crippen molar-refractivity contribution in [3.05, 3.63) is 63.6 Å². The van der Waals surface area contributed by atoms with Crippen LogP contribution in [0.25, 0.3) is 5.70 Å². The van der Waals surface area contributed by atoms with Crippen LogP contribution in [0.2, 0.25) is 5.15 Å². The van der Waals surface area contributed by atoms with E-state index in [0.29, 0.717) is 22.1 Å². The van der Waals surface area contributed by atoms with E-state index in [4.69, 9.17) is 11.6 Å². The van der Waals surface area contributed by atoms with E-state index < -0.39 is 0 Å². The molecule has 0 aliphatic rings. The highest BCUT2D eigenvalue weighted by atomic mass is 35.5. The maximum Gasteiger partial charge on any atom is 0.133 e. The maximum atomic E-state index is 10.8. The van der Waals surface area contributed by atoms with Crippen LogP contribution in [0.4, 0.5) is 17.1 Å². The van der Waals surface area contributed by atoms with Gasteiger partial charge in [-0.05, 0) is 40.7 Å². The number of pyridine rings is 1. The van der Waals surface area contributed by atoms with Gasteiger partial charge in [-0.2, -0.15) is 0 Å². The molecule has 0 spiro atoms. The number of hydrogen-bond acceptors (Lipinski definition) is 6. The Labute approximate surface area is 119 Å². The molecule has 1 N–H and O–H groups in total. The van der Waals surface area contributed by atoms with E-state index in [1.165, 1.54) is 18.2 Å². The Morgan fingerprint density at radius 3 is 2.60 bits per heavy atom. The summed E-state index contributed by atoms with van der Waals surface area (Å²) in [7, 11) is 0. The van der Waals surface area contributed by atoms with Gasteiger partial charge in [0.15, 0.2) is 0 Å². The molecule has 0 bridgehead atoms. The van der Waals surface area contributed by atoms with Crippen molar-refractivity contribution >= 4 is 34.4 Å². The second-order valence-electron chi connectivity index (χ2n) is 3.86. The molecule has 0 atom stereocenters. The minimum absolute atomic E-state index is 0.0742. The Morgan fingerprint density at radius 1 is 1.20 bits per heavy atom. The van der Waals surface area contributed by atoms with Crippen LogP contribution < -0.4 is 5.32 Å². The zero-order valence-corrected chi connectivity index (χ0v) is 11.0. The van der Waals surface area contributed by atoms with Crippen LogP contribution in [0.1, 0.15) is 5.56 Å². The highest BCUT2D eigenvalue weighted by Crippen LogP contribution is 2.31. The van der Waals surface area contributed by atoms with Gasteiger partial charge in [0.2, 0.25) is 0 Å². The molecule has 0 aliphatic carbocycles. The summed E-state index contributed by atoms with van der Waals surface area (Å²) >= 11 is 5.70. The van der Waals surface area contributed by atoms with Crippen LogP contribution in [0.15, 0.2) is 53.5 Å². The lowest BCUT2D eigenvalue weighted by atomic mass is 10.2. The lowest BCUT2D eigenvalue weighted by Crippen LogP contribution is -1.98. The zero-order chi connectivity index (χ0) is 14.5. The average Bonchev–Trinajstić information content (AvgIpc) is 2.48. The van der Waals surface area contributed by atoms with Crippen molar-refractivity contribution in [1.29, 1.82) is 0 Å². The third kappa shape index (κ3) is 3.04. The van der Waals surface area contributed by atoms with Gasteiger partial charge in [0, 0.05) is 17.5 Å². The van der Waals surface area contributed by atoms with E-state index in [0.717, 1.165) is 0 Å². The van der Waals surface area contributed by atoms with Crippen molar-refractivity contribution in [3.63, 3.8) is 0 Å². The molecule has 1 aromatic heterocycles. The van der Waals surface area contributed by atoms with Crippen LogP contribution in [0.5, 0.6) is 0 Å². The fourth-order valence-corrected chi connectivity index (χ4v) is 1.66. The van der Waals surface area contributed by atoms with Gasteiger partial charge in [0.1, 0.15) is 16.5 Å². The molecule has 0 saturated heterocycles. The van der Waals surface area contributed by atoms with Crippen LogP contribution in [-0.2, 0) is 0 Å². The summed E-state index contributed by atoms with van der Waals surface area (Å²) in [5.74, 6) is 0. The smallest absolute Gasteiger partial charge is 0.133 e. The fourth-order valence-electron chi connectivity index (χ4n) is 1.55. The first-order valence-electron chi connectivity index (χ1n) is 5.52. The Hall–Kier alpha value is -2.60. The summed E-state index contributed by atoms with van der Waals surface area (Å²) < 4.78 is 0. The van der Waals surface area contributed by atoms with Crippen molar-refractivity contribution in [1.82, 2.24) is 4.98 Å². The standard InChI is InChI=1S/C13H9ClN4O2/c1-8(9-2-5-13(14)15-7-9)16-11-4-3-10(17-19)6-12(11)18-20/h2-7,16H,1H2. The number of nitrogens with zero attached hydrogens (tertiary/aromatic N) is 3. The van der Waals surface area contributed by atoms with Gasteiger partial charge >= 0.3 is 0 Å². The van der Waals surface area contributed by atoms with E-state index in [1.807, 2.05) is 0 Å². The minimum atomic E-state index is 0.0742. The highest BCUT2D eigenvalue weighted by Gasteiger charge is 2.07. The number of anilines is 1. The van der Waals surface area contributed by atoms with Gasteiger partial charge in [0.05, 0.1) is 5.69 Å². The molecule has 0 saturated carbocycles. The number of halogens is 1. The molecule has 20 heavy (non-hydrogen) atoms. The number of nitroso groups, excluding NO2 is 2. The molecular weight excluding hydrogens is 280 g/mol. The lowest BCUT2D eigenvalue weighted by Gasteiger charge is -2.10. The summed E-state index contributed by atoms with van der Waals surface area (Å²) in [6.07, 6.45) is 1.55. The third-order valence-corrected chi connectivity index (χ3v) is 2.77.